The van der Waals surface area contributed by atoms with Crippen LogP contribution in [-0.2, 0) is 9.53 Å². The van der Waals surface area contributed by atoms with E-state index < -0.39 is 0 Å². The Bertz CT molecular complexity index is 343. The smallest absolute Gasteiger partial charge is 0.305 e. The number of unbranched alkanes of at least 4 members (excludes halogenated alkanes) is 16. The van der Waals surface area contributed by atoms with Crippen LogP contribution in [0.25, 0.3) is 0 Å². The SMILES string of the molecule is CCCCCCCCCCCCCCCOC(=O)CCCCC(O)CCCCCC. The first-order valence-corrected chi connectivity index (χ1v) is 13.5. The largest absolute Gasteiger partial charge is 0.466 e. The Morgan fingerprint density at radius 3 is 1.50 bits per heavy atom. The molecule has 0 aliphatic rings. The maximum atomic E-state index is 11.8. The third-order valence-corrected chi connectivity index (χ3v) is 6.07. The lowest BCUT2D eigenvalue weighted by atomic mass is 10.0. The van der Waals surface area contributed by atoms with Crippen LogP contribution >= 0.6 is 0 Å². The summed E-state index contributed by atoms with van der Waals surface area (Å²) in [5, 5.41) is 9.94. The molecule has 0 aromatic heterocycles. The third-order valence-electron chi connectivity index (χ3n) is 6.07. The fourth-order valence-corrected chi connectivity index (χ4v) is 3.98. The quantitative estimate of drug-likeness (QED) is 0.124. The van der Waals surface area contributed by atoms with Crippen LogP contribution in [-0.4, -0.2) is 23.8 Å². The van der Waals surface area contributed by atoms with Gasteiger partial charge in [-0.3, -0.25) is 4.79 Å². The molecule has 0 saturated carbocycles. The molecule has 0 amide bonds. The normalized spacial score (nSPS) is 12.2. The highest BCUT2D eigenvalue weighted by atomic mass is 16.5. The predicted molar refractivity (Wildman–Crippen MR) is 130 cm³/mol. The minimum atomic E-state index is -0.191. The monoisotopic (exact) mass is 426 g/mol. The fourth-order valence-electron chi connectivity index (χ4n) is 3.98. The van der Waals surface area contributed by atoms with Gasteiger partial charge in [0.1, 0.15) is 0 Å². The second-order valence-corrected chi connectivity index (χ2v) is 9.21. The zero-order chi connectivity index (χ0) is 22.1. The fraction of sp³-hybridized carbons (Fsp3) is 0.963. The molecule has 0 aliphatic carbocycles. The van der Waals surface area contributed by atoms with Crippen LogP contribution in [0.1, 0.15) is 155 Å². The van der Waals surface area contributed by atoms with Gasteiger partial charge in [0.15, 0.2) is 0 Å². The molecule has 0 radical (unpaired) electrons. The van der Waals surface area contributed by atoms with E-state index in [0.29, 0.717) is 13.0 Å². The summed E-state index contributed by atoms with van der Waals surface area (Å²) in [5.41, 5.74) is 0. The summed E-state index contributed by atoms with van der Waals surface area (Å²) in [6, 6.07) is 0. The lowest BCUT2D eigenvalue weighted by Crippen LogP contribution is -2.08. The van der Waals surface area contributed by atoms with Crippen LogP contribution in [0.3, 0.4) is 0 Å². The number of carbonyl (C=O) groups is 1. The average Bonchev–Trinajstić information content (AvgIpc) is 2.74. The van der Waals surface area contributed by atoms with Gasteiger partial charge in [-0.25, -0.2) is 0 Å². The van der Waals surface area contributed by atoms with Crippen molar-refractivity contribution in [3.63, 3.8) is 0 Å². The van der Waals surface area contributed by atoms with Crippen molar-refractivity contribution in [2.24, 2.45) is 0 Å². The lowest BCUT2D eigenvalue weighted by Gasteiger charge is -2.10. The Labute approximate surface area is 188 Å². The van der Waals surface area contributed by atoms with E-state index in [0.717, 1.165) is 38.5 Å². The van der Waals surface area contributed by atoms with E-state index in [-0.39, 0.29) is 12.1 Å². The molecule has 1 atom stereocenters. The Kier molecular flexibility index (Phi) is 24.2. The Balaban J connectivity index is 3.23. The van der Waals surface area contributed by atoms with E-state index in [9.17, 15) is 9.90 Å². The molecule has 0 aromatic carbocycles. The lowest BCUT2D eigenvalue weighted by molar-refractivity contribution is -0.143. The van der Waals surface area contributed by atoms with Gasteiger partial charge in [0.25, 0.3) is 0 Å². The second-order valence-electron chi connectivity index (χ2n) is 9.21. The predicted octanol–water partition coefficient (Wildman–Crippen LogP) is 8.51. The molecule has 0 bridgehead atoms. The standard InChI is InChI=1S/C27H54O3/c1-3-5-7-9-10-11-12-13-14-15-16-17-21-25-30-27(29)24-20-19-23-26(28)22-18-8-6-4-2/h26,28H,3-25H2,1-2H3. The summed E-state index contributed by atoms with van der Waals surface area (Å²) in [6.07, 6.45) is 26.0. The zero-order valence-electron chi connectivity index (χ0n) is 20.6. The van der Waals surface area contributed by atoms with E-state index in [4.69, 9.17) is 4.74 Å². The first-order chi connectivity index (χ1) is 14.7. The van der Waals surface area contributed by atoms with E-state index in [1.807, 2.05) is 0 Å². The molecule has 0 aromatic rings. The van der Waals surface area contributed by atoms with Crippen molar-refractivity contribution in [2.75, 3.05) is 6.61 Å². The molecular formula is C27H54O3. The van der Waals surface area contributed by atoms with Crippen LogP contribution in [0.15, 0.2) is 0 Å². The number of hydrogen-bond acceptors (Lipinski definition) is 3. The van der Waals surface area contributed by atoms with Gasteiger partial charge in [-0.1, -0.05) is 123 Å². The van der Waals surface area contributed by atoms with Gasteiger partial charge in [-0.2, -0.15) is 0 Å². The van der Waals surface area contributed by atoms with Crippen molar-refractivity contribution < 1.29 is 14.6 Å². The van der Waals surface area contributed by atoms with E-state index in [2.05, 4.69) is 13.8 Å². The summed E-state index contributed by atoms with van der Waals surface area (Å²) in [6.45, 7) is 5.06. The third kappa shape index (κ3) is 23.7. The Morgan fingerprint density at radius 2 is 1.00 bits per heavy atom. The molecule has 0 heterocycles. The number of ether oxygens (including phenoxy) is 1. The first kappa shape index (κ1) is 29.4. The van der Waals surface area contributed by atoms with Gasteiger partial charge >= 0.3 is 5.97 Å². The highest BCUT2D eigenvalue weighted by Crippen LogP contribution is 2.13. The van der Waals surface area contributed by atoms with Gasteiger partial charge in [0.05, 0.1) is 12.7 Å². The summed E-state index contributed by atoms with van der Waals surface area (Å²) in [4.78, 5) is 11.8. The van der Waals surface area contributed by atoms with E-state index in [1.165, 1.54) is 96.3 Å². The molecular weight excluding hydrogens is 372 g/mol. The van der Waals surface area contributed by atoms with Crippen molar-refractivity contribution >= 4 is 5.97 Å². The highest BCUT2D eigenvalue weighted by Gasteiger charge is 2.06. The zero-order valence-corrected chi connectivity index (χ0v) is 20.6. The molecule has 3 nitrogen and oxygen atoms in total. The molecule has 30 heavy (non-hydrogen) atoms. The number of esters is 1. The van der Waals surface area contributed by atoms with Gasteiger partial charge < -0.3 is 9.84 Å². The molecule has 0 aliphatic heterocycles. The first-order valence-electron chi connectivity index (χ1n) is 13.5. The summed E-state index contributed by atoms with van der Waals surface area (Å²) >= 11 is 0. The van der Waals surface area contributed by atoms with Crippen LogP contribution in [0.2, 0.25) is 0 Å². The number of carbonyl (C=O) groups excluding carboxylic acids is 1. The van der Waals surface area contributed by atoms with Crippen molar-refractivity contribution in [3.8, 4) is 0 Å². The molecule has 0 saturated heterocycles. The average molecular weight is 427 g/mol. The molecule has 3 heteroatoms. The van der Waals surface area contributed by atoms with Crippen LogP contribution < -0.4 is 0 Å². The molecule has 1 N–H and O–H groups in total. The van der Waals surface area contributed by atoms with Crippen LogP contribution in [0.5, 0.6) is 0 Å². The van der Waals surface area contributed by atoms with Gasteiger partial charge in [-0.15, -0.1) is 0 Å². The molecule has 0 rings (SSSR count). The number of rotatable bonds is 24. The Morgan fingerprint density at radius 1 is 0.600 bits per heavy atom. The van der Waals surface area contributed by atoms with Gasteiger partial charge in [0.2, 0.25) is 0 Å². The van der Waals surface area contributed by atoms with Crippen LogP contribution in [0.4, 0.5) is 0 Å². The number of hydrogen-bond donors (Lipinski definition) is 1. The number of aliphatic hydroxyl groups is 1. The van der Waals surface area contributed by atoms with E-state index >= 15 is 0 Å². The maximum Gasteiger partial charge on any atom is 0.305 e. The van der Waals surface area contributed by atoms with Crippen molar-refractivity contribution in [3.05, 3.63) is 0 Å². The van der Waals surface area contributed by atoms with Crippen LogP contribution in [0, 0.1) is 0 Å². The van der Waals surface area contributed by atoms with Gasteiger partial charge in [0, 0.05) is 6.42 Å². The molecule has 0 fully saturated rings. The minimum absolute atomic E-state index is 0.0635. The number of aliphatic hydroxyl groups excluding tert-OH is 1. The minimum Gasteiger partial charge on any atom is -0.466 e. The van der Waals surface area contributed by atoms with Crippen molar-refractivity contribution in [2.45, 2.75) is 161 Å². The highest BCUT2D eigenvalue weighted by molar-refractivity contribution is 5.69. The summed E-state index contributed by atoms with van der Waals surface area (Å²) < 4.78 is 5.34. The topological polar surface area (TPSA) is 46.5 Å². The summed E-state index contributed by atoms with van der Waals surface area (Å²) in [5.74, 6) is -0.0635. The molecule has 0 spiro atoms. The van der Waals surface area contributed by atoms with Crippen molar-refractivity contribution in [1.82, 2.24) is 0 Å². The van der Waals surface area contributed by atoms with E-state index in [1.54, 1.807) is 0 Å². The second kappa shape index (κ2) is 24.7. The summed E-state index contributed by atoms with van der Waals surface area (Å²) in [7, 11) is 0. The maximum absolute atomic E-state index is 11.8. The Hall–Kier alpha value is -0.570. The molecule has 180 valence electrons. The van der Waals surface area contributed by atoms with Gasteiger partial charge in [-0.05, 0) is 25.7 Å². The molecule has 1 unspecified atom stereocenters. The van der Waals surface area contributed by atoms with Crippen molar-refractivity contribution in [1.29, 1.82) is 0 Å².